The fourth-order valence-corrected chi connectivity index (χ4v) is 2.15. The van der Waals surface area contributed by atoms with Crippen LogP contribution >= 0.6 is 0 Å². The number of methoxy groups -OCH3 is 1. The van der Waals surface area contributed by atoms with E-state index in [4.69, 9.17) is 14.2 Å². The number of fused-ring (bicyclic) bond motifs is 1. The van der Waals surface area contributed by atoms with Crippen molar-refractivity contribution in [1.82, 2.24) is 4.98 Å². The van der Waals surface area contributed by atoms with Crippen LogP contribution in [0.4, 0.5) is 0 Å². The van der Waals surface area contributed by atoms with Gasteiger partial charge in [-0.25, -0.2) is 4.98 Å². The van der Waals surface area contributed by atoms with Crippen molar-refractivity contribution in [2.24, 2.45) is 0 Å². The van der Waals surface area contributed by atoms with Gasteiger partial charge in [0, 0.05) is 24.8 Å². The van der Waals surface area contributed by atoms with Gasteiger partial charge in [0.1, 0.15) is 18.1 Å². The van der Waals surface area contributed by atoms with E-state index in [1.807, 2.05) is 12.1 Å². The highest BCUT2D eigenvalue weighted by Gasteiger charge is 2.18. The van der Waals surface area contributed by atoms with Crippen molar-refractivity contribution in [1.29, 1.82) is 0 Å². The largest absolute Gasteiger partial charge is 0.492 e. The van der Waals surface area contributed by atoms with Crippen LogP contribution in [0.2, 0.25) is 0 Å². The molecule has 2 heterocycles. The molecule has 0 saturated carbocycles. The third-order valence-corrected chi connectivity index (χ3v) is 3.25. The van der Waals surface area contributed by atoms with Crippen LogP contribution in [-0.2, 0) is 6.61 Å². The number of ketones is 1. The molecule has 5 nitrogen and oxygen atoms in total. The summed E-state index contributed by atoms with van der Waals surface area (Å²) in [5.41, 5.74) is 1.58. The number of Topliss-reactive ketones (excluding diaryl/α,β-unsaturated/α-hetero) is 1. The van der Waals surface area contributed by atoms with Crippen molar-refractivity contribution < 1.29 is 19.0 Å². The summed E-state index contributed by atoms with van der Waals surface area (Å²) < 4.78 is 16.3. The maximum absolute atomic E-state index is 11.7. The third kappa shape index (κ3) is 2.97. The van der Waals surface area contributed by atoms with Crippen LogP contribution < -0.4 is 14.2 Å². The zero-order valence-corrected chi connectivity index (χ0v) is 11.7. The van der Waals surface area contributed by atoms with Crippen molar-refractivity contribution in [3.05, 3.63) is 47.7 Å². The van der Waals surface area contributed by atoms with E-state index < -0.39 is 0 Å². The average Bonchev–Trinajstić information content (AvgIpc) is 2.53. The zero-order chi connectivity index (χ0) is 14.7. The van der Waals surface area contributed by atoms with E-state index in [1.165, 1.54) is 0 Å². The molecule has 0 bridgehead atoms. The first-order chi connectivity index (χ1) is 10.3. The molecule has 0 N–H and O–H groups in total. The van der Waals surface area contributed by atoms with Crippen LogP contribution in [-0.4, -0.2) is 24.5 Å². The van der Waals surface area contributed by atoms with Gasteiger partial charge in [0.25, 0.3) is 0 Å². The van der Waals surface area contributed by atoms with Crippen LogP contribution in [0.15, 0.2) is 36.5 Å². The van der Waals surface area contributed by atoms with Gasteiger partial charge in [-0.2, -0.15) is 0 Å². The van der Waals surface area contributed by atoms with Crippen LogP contribution in [0.3, 0.4) is 0 Å². The molecule has 0 aliphatic carbocycles. The molecule has 21 heavy (non-hydrogen) atoms. The van der Waals surface area contributed by atoms with Crippen LogP contribution in [0, 0.1) is 0 Å². The van der Waals surface area contributed by atoms with E-state index in [-0.39, 0.29) is 5.78 Å². The molecule has 108 valence electrons. The number of carbonyl (C=O) groups excluding carboxylic acids is 1. The predicted molar refractivity (Wildman–Crippen MR) is 76.0 cm³/mol. The summed E-state index contributed by atoms with van der Waals surface area (Å²) in [6.07, 6.45) is 2.11. The van der Waals surface area contributed by atoms with Crippen LogP contribution in [0.5, 0.6) is 17.4 Å². The molecule has 1 aliphatic heterocycles. The van der Waals surface area contributed by atoms with Gasteiger partial charge in [0.15, 0.2) is 5.78 Å². The monoisotopic (exact) mass is 285 g/mol. The maximum atomic E-state index is 11.7. The molecule has 1 aliphatic rings. The van der Waals surface area contributed by atoms with Crippen molar-refractivity contribution in [3.8, 4) is 17.4 Å². The topological polar surface area (TPSA) is 57.7 Å². The van der Waals surface area contributed by atoms with Crippen molar-refractivity contribution in [2.75, 3.05) is 13.7 Å². The smallest absolute Gasteiger partial charge is 0.213 e. The van der Waals surface area contributed by atoms with Crippen molar-refractivity contribution in [3.63, 3.8) is 0 Å². The Bertz CT molecular complexity index is 669. The van der Waals surface area contributed by atoms with Gasteiger partial charge < -0.3 is 14.2 Å². The number of pyridine rings is 1. The Morgan fingerprint density at radius 1 is 1.29 bits per heavy atom. The molecule has 0 amide bonds. The number of rotatable bonds is 4. The van der Waals surface area contributed by atoms with Gasteiger partial charge in [-0.05, 0) is 23.8 Å². The lowest BCUT2D eigenvalue weighted by Crippen LogP contribution is -2.15. The first kappa shape index (κ1) is 13.4. The van der Waals surface area contributed by atoms with Gasteiger partial charge in [-0.15, -0.1) is 0 Å². The molecule has 0 radical (unpaired) electrons. The predicted octanol–water partition coefficient (Wildman–Crippen LogP) is 2.63. The summed E-state index contributed by atoms with van der Waals surface area (Å²) in [6.45, 7) is 0.822. The number of carbonyl (C=O) groups is 1. The van der Waals surface area contributed by atoms with Crippen molar-refractivity contribution in [2.45, 2.75) is 13.0 Å². The highest BCUT2D eigenvalue weighted by Crippen LogP contribution is 2.29. The number of nitrogens with zero attached hydrogens (tertiary/aromatic N) is 1. The van der Waals surface area contributed by atoms with Crippen LogP contribution in [0.25, 0.3) is 0 Å². The maximum Gasteiger partial charge on any atom is 0.213 e. The lowest BCUT2D eigenvalue weighted by atomic mass is 10.1. The minimum Gasteiger partial charge on any atom is -0.492 e. The number of benzene rings is 1. The second-order valence-corrected chi connectivity index (χ2v) is 4.67. The molecular weight excluding hydrogens is 270 g/mol. The van der Waals surface area contributed by atoms with E-state index >= 15 is 0 Å². The molecule has 1 aromatic heterocycles. The highest BCUT2D eigenvalue weighted by atomic mass is 16.5. The fourth-order valence-electron chi connectivity index (χ4n) is 2.15. The van der Waals surface area contributed by atoms with Gasteiger partial charge >= 0.3 is 0 Å². The SMILES string of the molecule is COc1cc(COc2ccc3c(c2)OCCC3=O)ccn1. The van der Waals surface area contributed by atoms with Gasteiger partial charge in [-0.1, -0.05) is 0 Å². The molecule has 0 atom stereocenters. The summed E-state index contributed by atoms with van der Waals surface area (Å²) in [6, 6.07) is 8.97. The molecular formula is C16H15NO4. The van der Waals surface area contributed by atoms with Crippen LogP contribution in [0.1, 0.15) is 22.3 Å². The van der Waals surface area contributed by atoms with Gasteiger partial charge in [-0.3, -0.25) is 4.79 Å². The Labute approximate surface area is 122 Å². The number of ether oxygens (including phenoxy) is 3. The summed E-state index contributed by atoms with van der Waals surface area (Å²) in [5.74, 6) is 1.92. The van der Waals surface area contributed by atoms with E-state index in [0.29, 0.717) is 42.6 Å². The zero-order valence-electron chi connectivity index (χ0n) is 11.7. The minimum absolute atomic E-state index is 0.113. The minimum atomic E-state index is 0.113. The summed E-state index contributed by atoms with van der Waals surface area (Å²) in [7, 11) is 1.57. The van der Waals surface area contributed by atoms with E-state index in [0.717, 1.165) is 5.56 Å². The molecule has 0 unspecified atom stereocenters. The third-order valence-electron chi connectivity index (χ3n) is 3.25. The number of hydrogen-bond donors (Lipinski definition) is 0. The molecule has 5 heteroatoms. The second-order valence-electron chi connectivity index (χ2n) is 4.67. The Morgan fingerprint density at radius 2 is 2.19 bits per heavy atom. The Hall–Kier alpha value is -2.56. The fraction of sp³-hybridized carbons (Fsp3) is 0.250. The second kappa shape index (κ2) is 5.83. The summed E-state index contributed by atoms with van der Waals surface area (Å²) in [5, 5.41) is 0. The van der Waals surface area contributed by atoms with Gasteiger partial charge in [0.05, 0.1) is 19.3 Å². The average molecular weight is 285 g/mol. The Kier molecular flexibility index (Phi) is 3.73. The van der Waals surface area contributed by atoms with Gasteiger partial charge in [0.2, 0.25) is 5.88 Å². The standard InChI is InChI=1S/C16H15NO4/c1-19-16-8-11(4-6-17-16)10-21-12-2-3-13-14(18)5-7-20-15(13)9-12/h2-4,6,8-9H,5,7,10H2,1H3. The number of aromatic nitrogens is 1. The normalized spacial score (nSPS) is 13.3. The Balaban J connectivity index is 1.72. The van der Waals surface area contributed by atoms with E-state index in [2.05, 4.69) is 4.98 Å². The van der Waals surface area contributed by atoms with E-state index in [9.17, 15) is 4.79 Å². The molecule has 1 aromatic carbocycles. The Morgan fingerprint density at radius 3 is 3.05 bits per heavy atom. The van der Waals surface area contributed by atoms with E-state index in [1.54, 1.807) is 31.5 Å². The molecule has 2 aromatic rings. The summed E-state index contributed by atoms with van der Waals surface area (Å²) in [4.78, 5) is 15.7. The summed E-state index contributed by atoms with van der Waals surface area (Å²) >= 11 is 0. The molecule has 0 saturated heterocycles. The number of hydrogen-bond acceptors (Lipinski definition) is 5. The van der Waals surface area contributed by atoms with Crippen molar-refractivity contribution >= 4 is 5.78 Å². The molecule has 0 fully saturated rings. The lowest BCUT2D eigenvalue weighted by molar-refractivity contribution is 0.0933. The lowest BCUT2D eigenvalue weighted by Gasteiger charge is -2.17. The molecule has 3 rings (SSSR count). The first-order valence-corrected chi connectivity index (χ1v) is 6.68. The highest BCUT2D eigenvalue weighted by molar-refractivity contribution is 5.99. The quantitative estimate of drug-likeness (QED) is 0.864. The first-order valence-electron chi connectivity index (χ1n) is 6.68. The molecule has 0 spiro atoms.